The quantitative estimate of drug-likeness (QED) is 0.443. The maximum absolute atomic E-state index is 13.5. The number of hydrogen-bond acceptors (Lipinski definition) is 4. The van der Waals surface area contributed by atoms with Gasteiger partial charge in [0.15, 0.2) is 5.17 Å². The van der Waals surface area contributed by atoms with Crippen molar-refractivity contribution < 1.29 is 4.79 Å². The second-order valence-electron chi connectivity index (χ2n) is 7.25. The monoisotopic (exact) mass is 489 g/mol. The first-order chi connectivity index (χ1) is 14.0. The summed E-state index contributed by atoms with van der Waals surface area (Å²) in [5.74, 6) is 0.0475. The number of amidine groups is 1. The smallest absolute Gasteiger partial charge is 0.267 e. The lowest BCUT2D eigenvalue weighted by Crippen LogP contribution is -2.40. The molecule has 0 bridgehead atoms. The molecule has 1 aliphatic heterocycles. The Hall–Kier alpha value is -1.63. The van der Waals surface area contributed by atoms with Crippen LogP contribution in [0.1, 0.15) is 44.6 Å². The Bertz CT molecular complexity index is 984. The van der Waals surface area contributed by atoms with Crippen LogP contribution >= 0.6 is 39.3 Å². The fourth-order valence-corrected chi connectivity index (χ4v) is 5.29. The van der Waals surface area contributed by atoms with Gasteiger partial charge in [0, 0.05) is 22.9 Å². The minimum atomic E-state index is 0.0475. The highest BCUT2D eigenvalue weighted by Crippen LogP contribution is 2.41. The van der Waals surface area contributed by atoms with E-state index in [2.05, 4.69) is 20.9 Å². The van der Waals surface area contributed by atoms with Crippen LogP contribution in [0, 0.1) is 0 Å². The summed E-state index contributed by atoms with van der Waals surface area (Å²) in [7, 11) is 0. The van der Waals surface area contributed by atoms with Crippen molar-refractivity contribution in [1.82, 2.24) is 9.88 Å². The zero-order valence-corrected chi connectivity index (χ0v) is 19.2. The molecule has 0 radical (unpaired) electrons. The number of allylic oxidation sites excluding steroid dienone is 1. The molecule has 0 atom stereocenters. The van der Waals surface area contributed by atoms with Crippen molar-refractivity contribution >= 4 is 61.6 Å². The number of carbonyl (C=O) groups is 1. The Morgan fingerprint density at radius 2 is 1.93 bits per heavy atom. The van der Waals surface area contributed by atoms with E-state index in [1.165, 1.54) is 18.2 Å². The van der Waals surface area contributed by atoms with E-state index in [1.54, 1.807) is 18.5 Å². The van der Waals surface area contributed by atoms with E-state index in [0.29, 0.717) is 15.9 Å². The number of benzene rings is 1. The number of amides is 1. The molecule has 4 rings (SSSR count). The van der Waals surface area contributed by atoms with Gasteiger partial charge in [0.2, 0.25) is 0 Å². The Labute approximate surface area is 188 Å². The zero-order valence-electron chi connectivity index (χ0n) is 16.1. The van der Waals surface area contributed by atoms with Gasteiger partial charge in [-0.25, -0.2) is 4.99 Å². The molecule has 1 amide bonds. The number of nitrogens with zero attached hydrogens (tertiary/aromatic N) is 3. The fraction of sp³-hybridized carbons (Fsp3) is 0.318. The van der Waals surface area contributed by atoms with Crippen molar-refractivity contribution in [2.45, 2.75) is 45.1 Å². The Balaban J connectivity index is 1.76. The third kappa shape index (κ3) is 4.44. The number of halogens is 2. The van der Waals surface area contributed by atoms with Crippen LogP contribution in [-0.2, 0) is 4.79 Å². The van der Waals surface area contributed by atoms with Gasteiger partial charge in [-0.1, -0.05) is 58.9 Å². The maximum atomic E-state index is 13.5. The van der Waals surface area contributed by atoms with E-state index < -0.39 is 0 Å². The van der Waals surface area contributed by atoms with E-state index in [1.807, 2.05) is 36.1 Å². The summed E-state index contributed by atoms with van der Waals surface area (Å²) in [6, 6.07) is 10.0. The highest BCUT2D eigenvalue weighted by Gasteiger charge is 2.39. The minimum absolute atomic E-state index is 0.0475. The summed E-state index contributed by atoms with van der Waals surface area (Å²) < 4.78 is 1.02. The molecule has 2 aliphatic rings. The number of pyridine rings is 1. The number of carbonyl (C=O) groups excluding carboxylic acids is 1. The number of thioether (sulfide) groups is 1. The molecule has 150 valence electrons. The minimum Gasteiger partial charge on any atom is -0.283 e. The zero-order chi connectivity index (χ0) is 20.4. The maximum Gasteiger partial charge on any atom is 0.267 e. The lowest BCUT2D eigenvalue weighted by molar-refractivity contribution is -0.124. The first kappa shape index (κ1) is 20.6. The fourth-order valence-electron chi connectivity index (χ4n) is 3.75. The van der Waals surface area contributed by atoms with Gasteiger partial charge in [-0.05, 0) is 60.9 Å². The molecular formula is C22H21BrClN3OS. The Morgan fingerprint density at radius 1 is 1.21 bits per heavy atom. The summed E-state index contributed by atoms with van der Waals surface area (Å²) >= 11 is 11.2. The van der Waals surface area contributed by atoms with E-state index in [0.717, 1.165) is 46.2 Å². The van der Waals surface area contributed by atoms with Crippen LogP contribution in [-0.4, -0.2) is 27.0 Å². The van der Waals surface area contributed by atoms with Gasteiger partial charge in [0.1, 0.15) is 0 Å². The van der Waals surface area contributed by atoms with Crippen LogP contribution in [0.15, 0.2) is 57.1 Å². The van der Waals surface area contributed by atoms with Crippen LogP contribution in [0.5, 0.6) is 0 Å². The van der Waals surface area contributed by atoms with Gasteiger partial charge in [-0.3, -0.25) is 14.7 Å². The lowest BCUT2D eigenvalue weighted by Gasteiger charge is -2.30. The van der Waals surface area contributed by atoms with Crippen molar-refractivity contribution in [3.05, 3.63) is 62.7 Å². The van der Waals surface area contributed by atoms with Crippen molar-refractivity contribution in [3.63, 3.8) is 0 Å². The molecule has 1 aromatic carbocycles. The average molecular weight is 491 g/mol. The number of rotatable bonds is 3. The lowest BCUT2D eigenvalue weighted by atomic mass is 9.94. The van der Waals surface area contributed by atoms with Crippen LogP contribution in [0.3, 0.4) is 0 Å². The highest BCUT2D eigenvalue weighted by atomic mass is 79.9. The van der Waals surface area contributed by atoms with Crippen molar-refractivity contribution in [2.24, 2.45) is 4.99 Å². The molecule has 29 heavy (non-hydrogen) atoms. The average Bonchev–Trinajstić information content (AvgIpc) is 3.06. The van der Waals surface area contributed by atoms with Crippen LogP contribution in [0.4, 0.5) is 5.69 Å². The van der Waals surface area contributed by atoms with Gasteiger partial charge in [-0.15, -0.1) is 0 Å². The van der Waals surface area contributed by atoms with Crippen LogP contribution < -0.4 is 0 Å². The van der Waals surface area contributed by atoms with E-state index in [4.69, 9.17) is 16.6 Å². The van der Waals surface area contributed by atoms with E-state index >= 15 is 0 Å². The number of aliphatic imine (C=N–C) groups is 1. The summed E-state index contributed by atoms with van der Waals surface area (Å²) in [5, 5.41) is 1.19. The Kier molecular flexibility index (Phi) is 6.42. The summed E-state index contributed by atoms with van der Waals surface area (Å²) in [5.41, 5.74) is 2.65. The van der Waals surface area contributed by atoms with E-state index in [9.17, 15) is 4.79 Å². The van der Waals surface area contributed by atoms with Crippen LogP contribution in [0.25, 0.3) is 5.57 Å². The Morgan fingerprint density at radius 3 is 2.62 bits per heavy atom. The highest BCUT2D eigenvalue weighted by molar-refractivity contribution is 9.10. The molecule has 0 unspecified atom stereocenters. The molecular weight excluding hydrogens is 470 g/mol. The third-order valence-electron chi connectivity index (χ3n) is 5.34. The molecule has 0 spiro atoms. The topological polar surface area (TPSA) is 45.6 Å². The molecule has 2 aromatic rings. The normalized spacial score (nSPS) is 21.1. The largest absolute Gasteiger partial charge is 0.283 e. The van der Waals surface area contributed by atoms with Gasteiger partial charge >= 0.3 is 0 Å². The van der Waals surface area contributed by atoms with Gasteiger partial charge < -0.3 is 0 Å². The SMILES string of the molecule is C/C(=C1/SC(=Nc2ccncc2Cl)N(C2CCCCC2)C1=O)c1ccc(Br)cc1. The summed E-state index contributed by atoms with van der Waals surface area (Å²) in [4.78, 5) is 24.9. The van der Waals surface area contributed by atoms with Gasteiger partial charge in [-0.2, -0.15) is 0 Å². The molecule has 1 saturated carbocycles. The molecule has 4 nitrogen and oxygen atoms in total. The molecule has 2 heterocycles. The van der Waals surface area contributed by atoms with E-state index in [-0.39, 0.29) is 11.9 Å². The first-order valence-electron chi connectivity index (χ1n) is 9.71. The van der Waals surface area contributed by atoms with Gasteiger partial charge in [0.25, 0.3) is 5.91 Å². The second-order valence-corrected chi connectivity index (χ2v) is 9.55. The molecule has 1 saturated heterocycles. The van der Waals surface area contributed by atoms with Crippen LogP contribution in [0.2, 0.25) is 5.02 Å². The predicted octanol–water partition coefficient (Wildman–Crippen LogP) is 6.82. The number of hydrogen-bond donors (Lipinski definition) is 0. The first-order valence-corrected chi connectivity index (χ1v) is 11.7. The number of aromatic nitrogens is 1. The van der Waals surface area contributed by atoms with Crippen molar-refractivity contribution in [2.75, 3.05) is 0 Å². The summed E-state index contributed by atoms with van der Waals surface area (Å²) in [6.45, 7) is 2.00. The standard InChI is InChI=1S/C22H21BrClN3OS/c1-14(15-7-9-16(23)10-8-15)20-21(28)27(17-5-3-2-4-6-17)22(29-20)26-19-11-12-25-13-18(19)24/h7-13,17H,2-6H2,1H3/b20-14-,26-22?. The molecule has 1 aliphatic carbocycles. The third-order valence-corrected chi connectivity index (χ3v) is 7.31. The molecule has 2 fully saturated rings. The van der Waals surface area contributed by atoms with Crippen molar-refractivity contribution in [1.29, 1.82) is 0 Å². The summed E-state index contributed by atoms with van der Waals surface area (Å²) in [6.07, 6.45) is 8.80. The molecule has 7 heteroatoms. The van der Waals surface area contributed by atoms with Gasteiger partial charge in [0.05, 0.1) is 15.6 Å². The molecule has 1 aromatic heterocycles. The molecule has 0 N–H and O–H groups in total. The van der Waals surface area contributed by atoms with Crippen molar-refractivity contribution in [3.8, 4) is 0 Å². The predicted molar refractivity (Wildman–Crippen MR) is 124 cm³/mol. The second kappa shape index (κ2) is 9.02.